The van der Waals surface area contributed by atoms with Crippen molar-refractivity contribution in [3.05, 3.63) is 28.8 Å². The third-order valence-corrected chi connectivity index (χ3v) is 6.61. The molecule has 1 aliphatic heterocycles. The molecule has 3 aliphatic rings. The molecule has 1 heterocycles. The Labute approximate surface area is 150 Å². The monoisotopic (exact) mass is 343 g/mol. The number of hydrogen-bond acceptors (Lipinski definition) is 3. The molecule has 0 bridgehead atoms. The molecule has 0 aromatic heterocycles. The summed E-state index contributed by atoms with van der Waals surface area (Å²) >= 11 is 0. The van der Waals surface area contributed by atoms with Gasteiger partial charge in [0.2, 0.25) is 0 Å². The lowest BCUT2D eigenvalue weighted by atomic mass is 9.61. The normalized spacial score (nSPS) is 31.5. The molecular weight excluding hydrogens is 314 g/mol. The van der Waals surface area contributed by atoms with Crippen molar-refractivity contribution in [2.24, 2.45) is 17.8 Å². The molecule has 0 spiro atoms. The maximum Gasteiger partial charge on any atom is 0.251 e. The Morgan fingerprint density at radius 2 is 1.84 bits per heavy atom. The van der Waals surface area contributed by atoms with Gasteiger partial charge < -0.3 is 14.8 Å². The smallest absolute Gasteiger partial charge is 0.251 e. The summed E-state index contributed by atoms with van der Waals surface area (Å²) in [5, 5.41) is 3.36. The van der Waals surface area contributed by atoms with Gasteiger partial charge in [0.25, 0.3) is 5.91 Å². The molecular formula is C21H29NO3. The fourth-order valence-corrected chi connectivity index (χ4v) is 5.50. The molecule has 4 atom stereocenters. The van der Waals surface area contributed by atoms with E-state index in [4.69, 9.17) is 9.47 Å². The van der Waals surface area contributed by atoms with Crippen LogP contribution in [-0.4, -0.2) is 31.8 Å². The zero-order chi connectivity index (χ0) is 17.6. The first-order chi connectivity index (χ1) is 12.1. The van der Waals surface area contributed by atoms with E-state index in [1.807, 2.05) is 26.0 Å². The van der Waals surface area contributed by atoms with Crippen molar-refractivity contribution in [2.75, 3.05) is 13.7 Å². The minimum absolute atomic E-state index is 0.0483. The SMILES string of the molecule is COc1c(C)cc(C(=O)N[C@@H]2[C@@H]3CCO[C@@H]3[C@@H]2C2CCCC2)cc1C. The van der Waals surface area contributed by atoms with Crippen LogP contribution < -0.4 is 10.1 Å². The van der Waals surface area contributed by atoms with Gasteiger partial charge in [-0.25, -0.2) is 0 Å². The average molecular weight is 343 g/mol. The van der Waals surface area contributed by atoms with Gasteiger partial charge in [0.1, 0.15) is 5.75 Å². The van der Waals surface area contributed by atoms with Gasteiger partial charge in [-0.2, -0.15) is 0 Å². The van der Waals surface area contributed by atoms with Crippen molar-refractivity contribution in [1.82, 2.24) is 5.32 Å². The first-order valence-corrected chi connectivity index (χ1v) is 9.68. The molecule has 1 amide bonds. The number of carbonyl (C=O) groups is 1. The highest BCUT2D eigenvalue weighted by Gasteiger charge is 2.57. The minimum atomic E-state index is 0.0483. The summed E-state index contributed by atoms with van der Waals surface area (Å²) in [5.74, 6) is 2.67. The van der Waals surface area contributed by atoms with E-state index < -0.39 is 0 Å². The number of nitrogens with one attached hydrogen (secondary N) is 1. The zero-order valence-electron chi connectivity index (χ0n) is 15.5. The molecule has 1 aromatic rings. The van der Waals surface area contributed by atoms with E-state index in [1.165, 1.54) is 25.7 Å². The Morgan fingerprint density at radius 3 is 2.48 bits per heavy atom. The Bertz CT molecular complexity index is 637. The first-order valence-electron chi connectivity index (χ1n) is 9.68. The number of hydrogen-bond donors (Lipinski definition) is 1. The lowest BCUT2D eigenvalue weighted by Gasteiger charge is -2.50. The number of ether oxygens (including phenoxy) is 2. The van der Waals surface area contributed by atoms with Crippen molar-refractivity contribution in [3.8, 4) is 5.75 Å². The maximum absolute atomic E-state index is 12.9. The Balaban J connectivity index is 1.51. The molecule has 136 valence electrons. The average Bonchev–Trinajstić information content (AvgIpc) is 3.23. The third kappa shape index (κ3) is 2.84. The highest BCUT2D eigenvalue weighted by Crippen LogP contribution is 2.51. The van der Waals surface area contributed by atoms with Crippen LogP contribution in [0.15, 0.2) is 12.1 Å². The van der Waals surface area contributed by atoms with Gasteiger partial charge in [0.05, 0.1) is 13.2 Å². The molecule has 25 heavy (non-hydrogen) atoms. The molecule has 2 saturated carbocycles. The predicted molar refractivity (Wildman–Crippen MR) is 97.0 cm³/mol. The van der Waals surface area contributed by atoms with E-state index in [2.05, 4.69) is 5.32 Å². The van der Waals surface area contributed by atoms with Crippen molar-refractivity contribution in [1.29, 1.82) is 0 Å². The van der Waals surface area contributed by atoms with Gasteiger partial charge in [0.15, 0.2) is 0 Å². The number of aryl methyl sites for hydroxylation is 2. The summed E-state index contributed by atoms with van der Waals surface area (Å²) in [4.78, 5) is 12.9. The summed E-state index contributed by atoms with van der Waals surface area (Å²) < 4.78 is 11.4. The Morgan fingerprint density at radius 1 is 1.16 bits per heavy atom. The fourth-order valence-electron chi connectivity index (χ4n) is 5.50. The summed E-state index contributed by atoms with van der Waals surface area (Å²) in [6.45, 7) is 4.84. The number of carbonyl (C=O) groups excluding carboxylic acids is 1. The van der Waals surface area contributed by atoms with Gasteiger partial charge in [-0.1, -0.05) is 25.7 Å². The highest BCUT2D eigenvalue weighted by molar-refractivity contribution is 5.95. The van der Waals surface area contributed by atoms with E-state index >= 15 is 0 Å². The van der Waals surface area contributed by atoms with Gasteiger partial charge >= 0.3 is 0 Å². The van der Waals surface area contributed by atoms with Crippen LogP contribution in [0, 0.1) is 31.6 Å². The van der Waals surface area contributed by atoms with E-state index in [9.17, 15) is 4.79 Å². The van der Waals surface area contributed by atoms with Crippen molar-refractivity contribution >= 4 is 5.91 Å². The highest BCUT2D eigenvalue weighted by atomic mass is 16.5. The van der Waals surface area contributed by atoms with E-state index in [0.717, 1.165) is 41.4 Å². The number of amides is 1. The fraction of sp³-hybridized carbons (Fsp3) is 0.667. The lowest BCUT2D eigenvalue weighted by molar-refractivity contribution is -0.0784. The van der Waals surface area contributed by atoms with Crippen molar-refractivity contribution < 1.29 is 14.3 Å². The molecule has 4 rings (SSSR count). The second kappa shape index (κ2) is 6.64. The van der Waals surface area contributed by atoms with Crippen LogP contribution in [0.2, 0.25) is 0 Å². The van der Waals surface area contributed by atoms with Gasteiger partial charge in [-0.05, 0) is 49.4 Å². The quantitative estimate of drug-likeness (QED) is 0.908. The molecule has 2 aliphatic carbocycles. The second-order valence-electron chi connectivity index (χ2n) is 8.05. The van der Waals surface area contributed by atoms with Crippen molar-refractivity contribution in [3.63, 3.8) is 0 Å². The van der Waals surface area contributed by atoms with E-state index in [0.29, 0.717) is 17.9 Å². The first kappa shape index (κ1) is 16.9. The summed E-state index contributed by atoms with van der Waals surface area (Å²) in [6, 6.07) is 4.16. The topological polar surface area (TPSA) is 47.6 Å². The summed E-state index contributed by atoms with van der Waals surface area (Å²) in [7, 11) is 1.68. The summed E-state index contributed by atoms with van der Waals surface area (Å²) in [6.07, 6.45) is 6.72. The largest absolute Gasteiger partial charge is 0.496 e. The molecule has 0 unspecified atom stereocenters. The number of benzene rings is 1. The number of methoxy groups -OCH3 is 1. The molecule has 3 fully saturated rings. The van der Waals surface area contributed by atoms with Gasteiger partial charge in [0, 0.05) is 30.0 Å². The van der Waals surface area contributed by atoms with Gasteiger partial charge in [-0.3, -0.25) is 4.79 Å². The van der Waals surface area contributed by atoms with Crippen LogP contribution in [0.25, 0.3) is 0 Å². The Hall–Kier alpha value is -1.55. The third-order valence-electron chi connectivity index (χ3n) is 6.61. The molecule has 0 radical (unpaired) electrons. The van der Waals surface area contributed by atoms with Crippen LogP contribution in [0.1, 0.15) is 53.6 Å². The maximum atomic E-state index is 12.9. The molecule has 4 nitrogen and oxygen atoms in total. The number of fused-ring (bicyclic) bond motifs is 1. The van der Waals surface area contributed by atoms with E-state index in [-0.39, 0.29) is 11.9 Å². The van der Waals surface area contributed by atoms with Crippen LogP contribution >= 0.6 is 0 Å². The predicted octanol–water partition coefficient (Wildman–Crippen LogP) is 3.64. The molecule has 1 saturated heterocycles. The minimum Gasteiger partial charge on any atom is -0.496 e. The van der Waals surface area contributed by atoms with Crippen LogP contribution in [0.4, 0.5) is 0 Å². The van der Waals surface area contributed by atoms with E-state index in [1.54, 1.807) is 7.11 Å². The van der Waals surface area contributed by atoms with Crippen LogP contribution in [0.5, 0.6) is 5.75 Å². The zero-order valence-corrected chi connectivity index (χ0v) is 15.5. The molecule has 4 heteroatoms. The van der Waals surface area contributed by atoms with Crippen LogP contribution in [0.3, 0.4) is 0 Å². The van der Waals surface area contributed by atoms with Gasteiger partial charge in [-0.15, -0.1) is 0 Å². The van der Waals surface area contributed by atoms with Crippen molar-refractivity contribution in [2.45, 2.75) is 58.1 Å². The molecule has 1 N–H and O–H groups in total. The lowest BCUT2D eigenvalue weighted by Crippen LogP contribution is -2.63. The summed E-state index contributed by atoms with van der Waals surface area (Å²) in [5.41, 5.74) is 2.76. The van der Waals surface area contributed by atoms with Crippen LogP contribution in [-0.2, 0) is 4.74 Å². The number of rotatable bonds is 4. The molecule has 1 aromatic carbocycles. The standard InChI is InChI=1S/C21H29NO3/c1-12-10-15(11-13(2)19(12)24-3)21(23)22-18-16-8-9-25-20(16)17(18)14-6-4-5-7-14/h10-11,14,16-18,20H,4-9H2,1-3H3,(H,22,23)/t16-,17+,18+,20-/m0/s1. The Kier molecular flexibility index (Phi) is 4.48. The second-order valence-corrected chi connectivity index (χ2v) is 8.05.